The van der Waals surface area contributed by atoms with Crippen molar-refractivity contribution in [1.29, 1.82) is 0 Å². The van der Waals surface area contributed by atoms with Gasteiger partial charge in [-0.2, -0.15) is 0 Å². The van der Waals surface area contributed by atoms with Crippen molar-refractivity contribution in [3.63, 3.8) is 0 Å². The number of carbonyl (C=O) groups is 1. The summed E-state index contributed by atoms with van der Waals surface area (Å²) in [5.41, 5.74) is 0. The minimum atomic E-state index is -2.94. The lowest BCUT2D eigenvalue weighted by atomic mass is 10.2. The van der Waals surface area contributed by atoms with E-state index in [1.165, 1.54) is 0 Å². The quantitative estimate of drug-likeness (QED) is 0.641. The number of nitrogens with one attached hydrogen (secondary N) is 1. The Balaban J connectivity index is 2.17. The fourth-order valence-electron chi connectivity index (χ4n) is 2.17. The molecule has 0 aliphatic carbocycles. The van der Waals surface area contributed by atoms with E-state index in [9.17, 15) is 13.2 Å². The maximum Gasteiger partial charge on any atom is 0.318 e. The molecule has 2 amide bonds. The van der Waals surface area contributed by atoms with E-state index in [1.807, 2.05) is 6.92 Å². The molecule has 2 saturated heterocycles. The van der Waals surface area contributed by atoms with Crippen molar-refractivity contribution in [1.82, 2.24) is 10.2 Å². The predicted molar refractivity (Wildman–Crippen MR) is 51.8 cm³/mol. The lowest BCUT2D eigenvalue weighted by molar-refractivity contribution is 0.207. The van der Waals surface area contributed by atoms with Gasteiger partial charge in [0, 0.05) is 6.54 Å². The van der Waals surface area contributed by atoms with Crippen molar-refractivity contribution >= 4 is 15.9 Å². The standard InChI is InChI=1S/C8H14N2O3S/c1-2-3-10-7-5-14(12,13)4-6(7)9-8(10)11/h6-7H,2-5H2,1H3,(H,9,11). The second kappa shape index (κ2) is 3.12. The molecule has 2 atom stereocenters. The average Bonchev–Trinajstić information content (AvgIpc) is 2.47. The Labute approximate surface area is 83.4 Å². The molecular formula is C8H14N2O3S. The summed E-state index contributed by atoms with van der Waals surface area (Å²) < 4.78 is 22.6. The predicted octanol–water partition coefficient (Wildman–Crippen LogP) is -0.413. The topological polar surface area (TPSA) is 66.5 Å². The smallest absolute Gasteiger partial charge is 0.318 e. The SMILES string of the molecule is CCCN1C(=O)NC2CS(=O)(=O)CC21. The van der Waals surface area contributed by atoms with Gasteiger partial charge in [0.25, 0.3) is 0 Å². The van der Waals surface area contributed by atoms with Crippen molar-refractivity contribution in [3.8, 4) is 0 Å². The zero-order valence-corrected chi connectivity index (χ0v) is 8.88. The van der Waals surface area contributed by atoms with Gasteiger partial charge >= 0.3 is 6.03 Å². The summed E-state index contributed by atoms with van der Waals surface area (Å²) in [4.78, 5) is 13.1. The number of sulfone groups is 1. The molecule has 2 heterocycles. The molecule has 2 aliphatic rings. The summed E-state index contributed by atoms with van der Waals surface area (Å²) >= 11 is 0. The third-order valence-electron chi connectivity index (χ3n) is 2.76. The summed E-state index contributed by atoms with van der Waals surface area (Å²) in [5.74, 6) is 0.222. The van der Waals surface area contributed by atoms with Crippen LogP contribution >= 0.6 is 0 Å². The first-order chi connectivity index (χ1) is 6.53. The van der Waals surface area contributed by atoms with Gasteiger partial charge in [0.05, 0.1) is 23.6 Å². The van der Waals surface area contributed by atoms with Crippen LogP contribution in [0.15, 0.2) is 0 Å². The number of urea groups is 1. The van der Waals surface area contributed by atoms with E-state index < -0.39 is 9.84 Å². The van der Waals surface area contributed by atoms with E-state index in [-0.39, 0.29) is 29.6 Å². The van der Waals surface area contributed by atoms with Crippen LogP contribution in [-0.2, 0) is 9.84 Å². The summed E-state index contributed by atoms with van der Waals surface area (Å²) in [6.45, 7) is 2.62. The minimum Gasteiger partial charge on any atom is -0.332 e. The molecule has 2 aliphatic heterocycles. The summed E-state index contributed by atoms with van der Waals surface area (Å²) in [5, 5.41) is 2.71. The van der Waals surface area contributed by atoms with Crippen LogP contribution in [0, 0.1) is 0 Å². The highest BCUT2D eigenvalue weighted by atomic mass is 32.2. The third-order valence-corrected chi connectivity index (χ3v) is 4.47. The first-order valence-electron chi connectivity index (χ1n) is 4.81. The van der Waals surface area contributed by atoms with Crippen LogP contribution in [0.3, 0.4) is 0 Å². The van der Waals surface area contributed by atoms with Gasteiger partial charge in [-0.25, -0.2) is 13.2 Å². The molecule has 2 rings (SSSR count). The van der Waals surface area contributed by atoms with E-state index in [0.717, 1.165) is 6.42 Å². The zero-order valence-electron chi connectivity index (χ0n) is 8.06. The minimum absolute atomic E-state index is 0.101. The van der Waals surface area contributed by atoms with Gasteiger partial charge in [-0.3, -0.25) is 0 Å². The number of rotatable bonds is 2. The second-order valence-electron chi connectivity index (χ2n) is 3.89. The number of carbonyl (C=O) groups excluding carboxylic acids is 1. The van der Waals surface area contributed by atoms with Crippen LogP contribution in [-0.4, -0.2) is 49.5 Å². The fraction of sp³-hybridized carbons (Fsp3) is 0.875. The first kappa shape index (κ1) is 9.76. The van der Waals surface area contributed by atoms with Gasteiger partial charge in [0.2, 0.25) is 0 Å². The Kier molecular flexibility index (Phi) is 2.17. The van der Waals surface area contributed by atoms with Crippen molar-refractivity contribution in [2.45, 2.75) is 25.4 Å². The van der Waals surface area contributed by atoms with E-state index in [2.05, 4.69) is 5.32 Å². The van der Waals surface area contributed by atoms with Crippen LogP contribution in [0.4, 0.5) is 4.79 Å². The first-order valence-corrected chi connectivity index (χ1v) is 6.63. The molecular weight excluding hydrogens is 204 g/mol. The third kappa shape index (κ3) is 1.47. The molecule has 2 fully saturated rings. The van der Waals surface area contributed by atoms with E-state index in [4.69, 9.17) is 0 Å². The van der Waals surface area contributed by atoms with Gasteiger partial charge in [-0.05, 0) is 6.42 Å². The molecule has 1 N–H and O–H groups in total. The number of hydrogen-bond donors (Lipinski definition) is 1. The summed E-state index contributed by atoms with van der Waals surface area (Å²) in [7, 11) is -2.94. The maximum absolute atomic E-state index is 11.4. The zero-order chi connectivity index (χ0) is 10.3. The molecule has 0 radical (unpaired) electrons. The molecule has 2 unspecified atom stereocenters. The highest BCUT2D eigenvalue weighted by molar-refractivity contribution is 7.91. The van der Waals surface area contributed by atoms with Gasteiger partial charge in [-0.1, -0.05) is 6.92 Å². The van der Waals surface area contributed by atoms with E-state index in [0.29, 0.717) is 6.54 Å². The van der Waals surface area contributed by atoms with Crippen LogP contribution in [0.25, 0.3) is 0 Å². The molecule has 0 aromatic rings. The monoisotopic (exact) mass is 218 g/mol. The molecule has 0 aromatic heterocycles. The Hall–Kier alpha value is -0.780. The number of hydrogen-bond acceptors (Lipinski definition) is 3. The van der Waals surface area contributed by atoms with Crippen LogP contribution in [0.2, 0.25) is 0 Å². The van der Waals surface area contributed by atoms with Crippen molar-refractivity contribution in [2.24, 2.45) is 0 Å². The van der Waals surface area contributed by atoms with Crippen molar-refractivity contribution in [2.75, 3.05) is 18.1 Å². The Morgan fingerprint density at radius 2 is 2.21 bits per heavy atom. The largest absolute Gasteiger partial charge is 0.332 e. The summed E-state index contributed by atoms with van der Waals surface area (Å²) in [6, 6.07) is -0.428. The number of fused-ring (bicyclic) bond motifs is 1. The number of amides is 2. The molecule has 0 spiro atoms. The molecule has 6 heteroatoms. The van der Waals surface area contributed by atoms with Crippen molar-refractivity contribution in [3.05, 3.63) is 0 Å². The lowest BCUT2D eigenvalue weighted by Crippen LogP contribution is -2.37. The second-order valence-corrected chi connectivity index (χ2v) is 6.05. The molecule has 80 valence electrons. The van der Waals surface area contributed by atoms with E-state index >= 15 is 0 Å². The van der Waals surface area contributed by atoms with E-state index in [1.54, 1.807) is 4.90 Å². The Bertz CT molecular complexity index is 352. The summed E-state index contributed by atoms with van der Waals surface area (Å²) in [6.07, 6.45) is 0.858. The average molecular weight is 218 g/mol. The fourth-order valence-corrected chi connectivity index (χ4v) is 4.10. The van der Waals surface area contributed by atoms with Gasteiger partial charge in [-0.15, -0.1) is 0 Å². The molecule has 0 aromatic carbocycles. The normalized spacial score (nSPS) is 34.4. The maximum atomic E-state index is 11.4. The van der Waals surface area contributed by atoms with Gasteiger partial charge < -0.3 is 10.2 Å². The van der Waals surface area contributed by atoms with Crippen LogP contribution in [0.1, 0.15) is 13.3 Å². The van der Waals surface area contributed by atoms with Crippen LogP contribution < -0.4 is 5.32 Å². The highest BCUT2D eigenvalue weighted by Gasteiger charge is 2.48. The molecule has 5 nitrogen and oxygen atoms in total. The van der Waals surface area contributed by atoms with Gasteiger partial charge in [0.15, 0.2) is 9.84 Å². The van der Waals surface area contributed by atoms with Crippen molar-refractivity contribution < 1.29 is 13.2 Å². The van der Waals surface area contributed by atoms with Gasteiger partial charge in [0.1, 0.15) is 0 Å². The number of nitrogens with zero attached hydrogens (tertiary/aromatic N) is 1. The molecule has 0 bridgehead atoms. The highest BCUT2D eigenvalue weighted by Crippen LogP contribution is 2.23. The lowest BCUT2D eigenvalue weighted by Gasteiger charge is -2.19. The Morgan fingerprint density at radius 3 is 2.86 bits per heavy atom. The molecule has 14 heavy (non-hydrogen) atoms. The Morgan fingerprint density at radius 1 is 1.50 bits per heavy atom. The van der Waals surface area contributed by atoms with Crippen LogP contribution in [0.5, 0.6) is 0 Å². The molecule has 0 saturated carbocycles.